The molecule has 0 N–H and O–H groups in total. The van der Waals surface area contributed by atoms with Crippen molar-refractivity contribution in [1.29, 1.82) is 0 Å². The normalized spacial score (nSPS) is 18.3. The van der Waals surface area contributed by atoms with Crippen LogP contribution in [-0.4, -0.2) is 7.11 Å². The van der Waals surface area contributed by atoms with E-state index in [0.717, 1.165) is 23.7 Å². The lowest BCUT2D eigenvalue weighted by Crippen LogP contribution is -2.00. The van der Waals surface area contributed by atoms with Gasteiger partial charge in [-0.15, -0.1) is 11.6 Å². The molecule has 1 aliphatic carbocycles. The van der Waals surface area contributed by atoms with Gasteiger partial charge in [0.1, 0.15) is 5.75 Å². The molecule has 3 heteroatoms. The summed E-state index contributed by atoms with van der Waals surface area (Å²) in [6.45, 7) is 0. The van der Waals surface area contributed by atoms with Crippen LogP contribution in [0.5, 0.6) is 5.75 Å². The third-order valence-corrected chi connectivity index (χ3v) is 4.30. The second-order valence-corrected chi connectivity index (χ2v) is 5.68. The van der Waals surface area contributed by atoms with Crippen LogP contribution in [0.2, 0.25) is 5.02 Å². The third-order valence-electron chi connectivity index (χ3n) is 3.56. The fourth-order valence-corrected chi connectivity index (χ4v) is 3.35. The van der Waals surface area contributed by atoms with Crippen LogP contribution < -0.4 is 4.74 Å². The first-order chi connectivity index (χ1) is 8.20. The Morgan fingerprint density at radius 1 is 1.35 bits per heavy atom. The van der Waals surface area contributed by atoms with Crippen molar-refractivity contribution >= 4 is 23.2 Å². The van der Waals surface area contributed by atoms with Gasteiger partial charge < -0.3 is 4.74 Å². The van der Waals surface area contributed by atoms with Crippen LogP contribution in [0.1, 0.15) is 43.0 Å². The lowest BCUT2D eigenvalue weighted by atomic mass is 9.97. The van der Waals surface area contributed by atoms with E-state index in [-0.39, 0.29) is 5.38 Å². The number of rotatable bonds is 4. The summed E-state index contributed by atoms with van der Waals surface area (Å²) in [4.78, 5) is 0. The van der Waals surface area contributed by atoms with E-state index in [0.29, 0.717) is 5.02 Å². The van der Waals surface area contributed by atoms with E-state index in [1.165, 1.54) is 25.7 Å². The van der Waals surface area contributed by atoms with E-state index >= 15 is 0 Å². The Balaban J connectivity index is 2.04. The molecule has 1 aromatic carbocycles. The molecule has 0 radical (unpaired) electrons. The zero-order chi connectivity index (χ0) is 12.3. The van der Waals surface area contributed by atoms with Crippen LogP contribution in [0.4, 0.5) is 0 Å². The summed E-state index contributed by atoms with van der Waals surface area (Å²) in [6.07, 6.45) is 6.37. The van der Waals surface area contributed by atoms with Gasteiger partial charge in [-0.2, -0.15) is 0 Å². The van der Waals surface area contributed by atoms with Crippen LogP contribution in [0.15, 0.2) is 18.2 Å². The predicted molar refractivity (Wildman–Crippen MR) is 73.2 cm³/mol. The van der Waals surface area contributed by atoms with Gasteiger partial charge in [-0.05, 0) is 30.0 Å². The number of hydrogen-bond acceptors (Lipinski definition) is 1. The highest BCUT2D eigenvalue weighted by atomic mass is 35.5. The van der Waals surface area contributed by atoms with Gasteiger partial charge >= 0.3 is 0 Å². The molecule has 1 unspecified atom stereocenters. The molecule has 0 amide bonds. The standard InChI is InChI=1S/C14H18Cl2O/c1-17-11-6-7-12(14(16)9-11)13(15)8-10-4-2-3-5-10/h6-7,9-10,13H,2-5,8H2,1H3. The Bertz CT molecular complexity index is 372. The SMILES string of the molecule is COc1ccc(C(Cl)CC2CCCC2)c(Cl)c1. The van der Waals surface area contributed by atoms with Gasteiger partial charge in [-0.1, -0.05) is 43.4 Å². The van der Waals surface area contributed by atoms with Crippen LogP contribution in [-0.2, 0) is 0 Å². The highest BCUT2D eigenvalue weighted by Gasteiger charge is 2.21. The molecule has 1 fully saturated rings. The second-order valence-electron chi connectivity index (χ2n) is 4.74. The molecule has 94 valence electrons. The van der Waals surface area contributed by atoms with Crippen molar-refractivity contribution < 1.29 is 4.74 Å². The summed E-state index contributed by atoms with van der Waals surface area (Å²) in [5.41, 5.74) is 1.03. The molecule has 1 nitrogen and oxygen atoms in total. The summed E-state index contributed by atoms with van der Waals surface area (Å²) in [5.74, 6) is 1.55. The minimum atomic E-state index is 0.0245. The average molecular weight is 273 g/mol. The molecule has 1 aromatic rings. The van der Waals surface area contributed by atoms with E-state index in [4.69, 9.17) is 27.9 Å². The molecule has 17 heavy (non-hydrogen) atoms. The van der Waals surface area contributed by atoms with Crippen molar-refractivity contribution in [3.8, 4) is 5.75 Å². The maximum atomic E-state index is 6.46. The van der Waals surface area contributed by atoms with Gasteiger partial charge in [0, 0.05) is 5.02 Å². The molecule has 0 bridgehead atoms. The van der Waals surface area contributed by atoms with E-state index < -0.39 is 0 Å². The fourth-order valence-electron chi connectivity index (χ4n) is 2.55. The van der Waals surface area contributed by atoms with Gasteiger partial charge in [0.05, 0.1) is 12.5 Å². The molecule has 2 rings (SSSR count). The summed E-state index contributed by atoms with van der Waals surface area (Å²) >= 11 is 12.7. The molecular weight excluding hydrogens is 255 g/mol. The number of methoxy groups -OCH3 is 1. The van der Waals surface area contributed by atoms with E-state index in [9.17, 15) is 0 Å². The van der Waals surface area contributed by atoms with E-state index in [2.05, 4.69) is 0 Å². The lowest BCUT2D eigenvalue weighted by Gasteiger charge is -2.16. The van der Waals surface area contributed by atoms with Crippen LogP contribution >= 0.6 is 23.2 Å². The minimum Gasteiger partial charge on any atom is -0.497 e. The summed E-state index contributed by atoms with van der Waals surface area (Å²) in [5, 5.41) is 0.735. The topological polar surface area (TPSA) is 9.23 Å². The van der Waals surface area contributed by atoms with Crippen molar-refractivity contribution in [2.45, 2.75) is 37.5 Å². The first kappa shape index (κ1) is 13.0. The average Bonchev–Trinajstić information content (AvgIpc) is 2.81. The highest BCUT2D eigenvalue weighted by Crippen LogP contribution is 2.39. The molecule has 1 atom stereocenters. The smallest absolute Gasteiger partial charge is 0.120 e. The first-order valence-corrected chi connectivity index (χ1v) is 6.99. The zero-order valence-electron chi connectivity index (χ0n) is 10.1. The Hall–Kier alpha value is -0.400. The Kier molecular flexibility index (Phi) is 4.58. The highest BCUT2D eigenvalue weighted by molar-refractivity contribution is 6.32. The Morgan fingerprint density at radius 3 is 2.65 bits per heavy atom. The number of ether oxygens (including phenoxy) is 1. The summed E-state index contributed by atoms with van der Waals surface area (Å²) in [7, 11) is 1.64. The van der Waals surface area contributed by atoms with Crippen molar-refractivity contribution in [3.05, 3.63) is 28.8 Å². The maximum Gasteiger partial charge on any atom is 0.120 e. The van der Waals surface area contributed by atoms with Gasteiger partial charge in [0.25, 0.3) is 0 Å². The molecule has 0 saturated heterocycles. The molecule has 1 aliphatic rings. The van der Waals surface area contributed by atoms with Crippen molar-refractivity contribution in [2.24, 2.45) is 5.92 Å². The van der Waals surface area contributed by atoms with E-state index in [1.807, 2.05) is 18.2 Å². The zero-order valence-corrected chi connectivity index (χ0v) is 11.6. The molecule has 1 saturated carbocycles. The van der Waals surface area contributed by atoms with Gasteiger partial charge in [0.15, 0.2) is 0 Å². The molecular formula is C14H18Cl2O. The predicted octanol–water partition coefficient (Wildman–Crippen LogP) is 5.21. The van der Waals surface area contributed by atoms with Crippen molar-refractivity contribution in [2.75, 3.05) is 7.11 Å². The van der Waals surface area contributed by atoms with Crippen molar-refractivity contribution in [3.63, 3.8) is 0 Å². The maximum absolute atomic E-state index is 6.46. The fraction of sp³-hybridized carbons (Fsp3) is 0.571. The number of halogens is 2. The largest absolute Gasteiger partial charge is 0.497 e. The van der Waals surface area contributed by atoms with Crippen LogP contribution in [0.3, 0.4) is 0 Å². The number of benzene rings is 1. The van der Waals surface area contributed by atoms with Gasteiger partial charge in [-0.3, -0.25) is 0 Å². The molecule has 0 heterocycles. The third kappa shape index (κ3) is 3.29. The van der Waals surface area contributed by atoms with Crippen LogP contribution in [0, 0.1) is 5.92 Å². The molecule has 0 spiro atoms. The van der Waals surface area contributed by atoms with Crippen LogP contribution in [0.25, 0.3) is 0 Å². The molecule has 0 aliphatic heterocycles. The monoisotopic (exact) mass is 272 g/mol. The second kappa shape index (κ2) is 5.97. The quantitative estimate of drug-likeness (QED) is 0.684. The summed E-state index contributed by atoms with van der Waals surface area (Å²) in [6, 6.07) is 5.74. The summed E-state index contributed by atoms with van der Waals surface area (Å²) < 4.78 is 5.14. The number of alkyl halides is 1. The van der Waals surface area contributed by atoms with Crippen molar-refractivity contribution in [1.82, 2.24) is 0 Å². The molecule has 0 aromatic heterocycles. The number of hydrogen-bond donors (Lipinski definition) is 0. The van der Waals surface area contributed by atoms with E-state index in [1.54, 1.807) is 7.11 Å². The minimum absolute atomic E-state index is 0.0245. The van der Waals surface area contributed by atoms with Gasteiger partial charge in [0.2, 0.25) is 0 Å². The Morgan fingerprint density at radius 2 is 2.06 bits per heavy atom. The first-order valence-electron chi connectivity index (χ1n) is 6.18. The Labute approximate surface area is 113 Å². The lowest BCUT2D eigenvalue weighted by molar-refractivity contribution is 0.414. The van der Waals surface area contributed by atoms with Gasteiger partial charge in [-0.25, -0.2) is 0 Å².